The number of benzene rings is 1. The van der Waals surface area contributed by atoms with Gasteiger partial charge in [-0.3, -0.25) is 4.79 Å². The molecule has 0 spiro atoms. The van der Waals surface area contributed by atoms with Gasteiger partial charge in [0.1, 0.15) is 5.75 Å². The van der Waals surface area contributed by atoms with Gasteiger partial charge in [-0.25, -0.2) is 5.11 Å². The monoisotopic (exact) mass is 264 g/mol. The van der Waals surface area contributed by atoms with Crippen LogP contribution in [0, 0.1) is 0 Å². The van der Waals surface area contributed by atoms with Crippen molar-refractivity contribution in [3.05, 3.63) is 24.3 Å². The summed E-state index contributed by atoms with van der Waals surface area (Å²) in [5.41, 5.74) is 0.737. The van der Waals surface area contributed by atoms with Crippen molar-refractivity contribution in [3.63, 3.8) is 0 Å². The number of rotatable bonds is 9. The maximum atomic E-state index is 11.6. The van der Waals surface area contributed by atoms with Crippen molar-refractivity contribution < 1.29 is 14.6 Å². The van der Waals surface area contributed by atoms with Crippen molar-refractivity contribution in [2.24, 2.45) is 0 Å². The Labute approximate surface area is 114 Å². The van der Waals surface area contributed by atoms with Gasteiger partial charge in [-0.1, -0.05) is 19.4 Å². The van der Waals surface area contributed by atoms with Crippen LogP contribution in [0.1, 0.15) is 39.0 Å². The van der Waals surface area contributed by atoms with E-state index >= 15 is 0 Å². The molecule has 0 saturated heterocycles. The van der Waals surface area contributed by atoms with Crippen LogP contribution in [0.5, 0.6) is 5.75 Å². The van der Waals surface area contributed by atoms with Crippen LogP contribution in [-0.2, 0) is 9.90 Å². The van der Waals surface area contributed by atoms with Crippen LogP contribution in [0.4, 0.5) is 5.69 Å². The molecule has 0 aliphatic heterocycles. The average molecular weight is 264 g/mol. The molecule has 0 unspecified atom stereocenters. The fraction of sp³-hybridized carbons (Fsp3) is 0.533. The van der Waals surface area contributed by atoms with Crippen molar-refractivity contribution in [2.45, 2.75) is 39.0 Å². The normalized spacial score (nSPS) is 10.2. The number of carbonyl (C=O) groups excluding carboxylic acids is 1. The van der Waals surface area contributed by atoms with Crippen molar-refractivity contribution in [2.75, 3.05) is 18.5 Å². The average Bonchev–Trinajstić information content (AvgIpc) is 2.40. The standard InChI is InChI=1S/C15H22NO3/c1-2-3-11-19-14-8-6-7-13(12-14)16-15(18)9-4-5-10-17/h6-8,12H,2-5,9-11H2,1H3,(H,16,18). The molecular weight excluding hydrogens is 242 g/mol. The molecule has 0 aliphatic rings. The maximum Gasteiger partial charge on any atom is 0.224 e. The first-order valence-electron chi connectivity index (χ1n) is 6.87. The summed E-state index contributed by atoms with van der Waals surface area (Å²) in [5, 5.41) is 13.1. The number of anilines is 1. The van der Waals surface area contributed by atoms with Crippen LogP contribution >= 0.6 is 0 Å². The van der Waals surface area contributed by atoms with Gasteiger partial charge in [0.05, 0.1) is 13.2 Å². The van der Waals surface area contributed by atoms with Gasteiger partial charge in [0.15, 0.2) is 0 Å². The van der Waals surface area contributed by atoms with Gasteiger partial charge in [0, 0.05) is 18.2 Å². The van der Waals surface area contributed by atoms with Crippen molar-refractivity contribution in [1.29, 1.82) is 0 Å². The smallest absolute Gasteiger partial charge is 0.224 e. The Bertz CT molecular complexity index is 379. The molecule has 0 fully saturated rings. The third kappa shape index (κ3) is 6.82. The van der Waals surface area contributed by atoms with Gasteiger partial charge in [-0.05, 0) is 31.4 Å². The van der Waals surface area contributed by atoms with Crippen LogP contribution in [0.15, 0.2) is 24.3 Å². The third-order valence-corrected chi connectivity index (χ3v) is 2.68. The molecule has 1 aromatic rings. The Hall–Kier alpha value is -1.55. The molecule has 19 heavy (non-hydrogen) atoms. The second kappa shape index (κ2) is 9.39. The summed E-state index contributed by atoms with van der Waals surface area (Å²) in [6.45, 7) is 2.69. The van der Waals surface area contributed by atoms with E-state index in [9.17, 15) is 9.90 Å². The lowest BCUT2D eigenvalue weighted by atomic mass is 10.2. The Kier molecular flexibility index (Phi) is 7.66. The maximum absolute atomic E-state index is 11.6. The first-order chi connectivity index (χ1) is 9.26. The van der Waals surface area contributed by atoms with Gasteiger partial charge in [-0.15, -0.1) is 0 Å². The van der Waals surface area contributed by atoms with E-state index in [-0.39, 0.29) is 12.5 Å². The zero-order valence-corrected chi connectivity index (χ0v) is 11.5. The predicted octanol–water partition coefficient (Wildman–Crippen LogP) is 3.40. The van der Waals surface area contributed by atoms with E-state index in [1.165, 1.54) is 0 Å². The molecule has 0 atom stereocenters. The number of amides is 1. The molecule has 1 radical (unpaired) electrons. The lowest BCUT2D eigenvalue weighted by Crippen LogP contribution is -2.11. The molecular formula is C15H22NO3. The summed E-state index contributed by atoms with van der Waals surface area (Å²) in [7, 11) is 0. The largest absolute Gasteiger partial charge is 0.494 e. The fourth-order valence-corrected chi connectivity index (χ4v) is 1.61. The number of hydrogen-bond acceptors (Lipinski definition) is 2. The molecule has 1 rings (SSSR count). The zero-order chi connectivity index (χ0) is 13.9. The highest BCUT2D eigenvalue weighted by Crippen LogP contribution is 2.18. The minimum absolute atomic E-state index is 0.0563. The molecule has 0 saturated carbocycles. The number of carbonyl (C=O) groups is 1. The topological polar surface area (TPSA) is 58.2 Å². The Morgan fingerprint density at radius 1 is 1.26 bits per heavy atom. The molecule has 0 aromatic heterocycles. The number of unbranched alkanes of at least 4 members (excludes halogenated alkanes) is 2. The Balaban J connectivity index is 2.40. The summed E-state index contributed by atoms with van der Waals surface area (Å²) in [6.07, 6.45) is 3.70. The highest BCUT2D eigenvalue weighted by atomic mass is 16.5. The van der Waals surface area contributed by atoms with Crippen molar-refractivity contribution >= 4 is 11.6 Å². The minimum Gasteiger partial charge on any atom is -0.494 e. The van der Waals surface area contributed by atoms with E-state index in [1.807, 2.05) is 24.3 Å². The van der Waals surface area contributed by atoms with E-state index in [2.05, 4.69) is 12.2 Å². The van der Waals surface area contributed by atoms with E-state index in [4.69, 9.17) is 4.74 Å². The van der Waals surface area contributed by atoms with Gasteiger partial charge < -0.3 is 10.1 Å². The highest BCUT2D eigenvalue weighted by Gasteiger charge is 2.03. The van der Waals surface area contributed by atoms with Crippen LogP contribution in [0.25, 0.3) is 0 Å². The quantitative estimate of drug-likeness (QED) is 0.695. The summed E-state index contributed by atoms with van der Waals surface area (Å²) < 4.78 is 5.57. The van der Waals surface area contributed by atoms with Crippen LogP contribution in [0.2, 0.25) is 0 Å². The summed E-state index contributed by atoms with van der Waals surface area (Å²) in [5.74, 6) is 0.713. The first-order valence-corrected chi connectivity index (χ1v) is 6.87. The summed E-state index contributed by atoms with van der Waals surface area (Å²) >= 11 is 0. The van der Waals surface area contributed by atoms with Crippen LogP contribution < -0.4 is 10.1 Å². The fourth-order valence-electron chi connectivity index (χ4n) is 1.61. The Morgan fingerprint density at radius 2 is 2.11 bits per heavy atom. The molecule has 1 aromatic carbocycles. The molecule has 0 aliphatic carbocycles. The number of nitrogens with one attached hydrogen (secondary N) is 1. The van der Waals surface area contributed by atoms with Crippen LogP contribution in [-0.4, -0.2) is 19.1 Å². The molecule has 0 bridgehead atoms. The molecule has 1 amide bonds. The van der Waals surface area contributed by atoms with Gasteiger partial charge >= 0.3 is 0 Å². The zero-order valence-electron chi connectivity index (χ0n) is 11.5. The third-order valence-electron chi connectivity index (χ3n) is 2.68. The second-order valence-corrected chi connectivity index (χ2v) is 4.44. The SMILES string of the molecule is CCCCOc1cccc(NC(=O)CCCC[O])c1. The lowest BCUT2D eigenvalue weighted by Gasteiger charge is -2.08. The van der Waals surface area contributed by atoms with E-state index in [0.29, 0.717) is 25.9 Å². The molecule has 105 valence electrons. The van der Waals surface area contributed by atoms with Crippen molar-refractivity contribution in [1.82, 2.24) is 0 Å². The molecule has 4 nitrogen and oxygen atoms in total. The van der Waals surface area contributed by atoms with Gasteiger partial charge in [-0.2, -0.15) is 0 Å². The highest BCUT2D eigenvalue weighted by molar-refractivity contribution is 5.90. The van der Waals surface area contributed by atoms with E-state index in [0.717, 1.165) is 24.3 Å². The second-order valence-electron chi connectivity index (χ2n) is 4.44. The van der Waals surface area contributed by atoms with Gasteiger partial charge in [0.2, 0.25) is 5.91 Å². The minimum atomic E-state index is -0.117. The lowest BCUT2D eigenvalue weighted by molar-refractivity contribution is -0.116. The van der Waals surface area contributed by atoms with Crippen LogP contribution in [0.3, 0.4) is 0 Å². The van der Waals surface area contributed by atoms with E-state index < -0.39 is 0 Å². The first kappa shape index (κ1) is 15.5. The molecule has 1 N–H and O–H groups in total. The Morgan fingerprint density at radius 3 is 2.84 bits per heavy atom. The molecule has 0 heterocycles. The summed E-state index contributed by atoms with van der Waals surface area (Å²) in [6, 6.07) is 7.39. The summed E-state index contributed by atoms with van der Waals surface area (Å²) in [4.78, 5) is 11.6. The number of ether oxygens (including phenoxy) is 1. The number of hydrogen-bond donors (Lipinski definition) is 1. The molecule has 4 heteroatoms. The predicted molar refractivity (Wildman–Crippen MR) is 74.9 cm³/mol. The van der Waals surface area contributed by atoms with Gasteiger partial charge in [0.25, 0.3) is 0 Å². The van der Waals surface area contributed by atoms with Crippen molar-refractivity contribution in [3.8, 4) is 5.75 Å². The van der Waals surface area contributed by atoms with E-state index in [1.54, 1.807) is 0 Å².